The van der Waals surface area contributed by atoms with Crippen LogP contribution in [0.25, 0.3) is 0 Å². The zero-order chi connectivity index (χ0) is 18.4. The number of carbonyl (C=O) groups excluding carboxylic acids is 2. The molecule has 2 aliphatic rings. The number of rotatable bonds is 8. The molecule has 2 heterocycles. The first-order valence-corrected chi connectivity index (χ1v) is 10.3. The number of unbranched alkanes of at least 4 members (excludes halogenated alkanes) is 2. The fourth-order valence-electron chi connectivity index (χ4n) is 3.19. The molecule has 0 aromatic heterocycles. The lowest BCUT2D eigenvalue weighted by Gasteiger charge is -2.32. The molecule has 2 fully saturated rings. The van der Waals surface area contributed by atoms with Gasteiger partial charge in [0.1, 0.15) is 5.75 Å². The maximum atomic E-state index is 11.8. The van der Waals surface area contributed by atoms with Crippen LogP contribution in [-0.4, -0.2) is 73.1 Å². The molecule has 0 saturated carbocycles. The molecule has 0 bridgehead atoms. The number of carbonyl (C=O) groups is 2. The second kappa shape index (κ2) is 9.39. The van der Waals surface area contributed by atoms with E-state index in [1.807, 2.05) is 12.1 Å². The lowest BCUT2D eigenvalue weighted by molar-refractivity contribution is -0.115. The highest BCUT2D eigenvalue weighted by Crippen LogP contribution is 2.29. The van der Waals surface area contributed by atoms with E-state index < -0.39 is 0 Å². The number of imide groups is 1. The maximum absolute atomic E-state index is 11.8. The smallest absolute Gasteiger partial charge is 0.293 e. The van der Waals surface area contributed by atoms with Crippen LogP contribution in [0.15, 0.2) is 24.3 Å². The van der Waals surface area contributed by atoms with Gasteiger partial charge in [-0.05, 0) is 45.0 Å². The average molecular weight is 378 g/mol. The zero-order valence-electron chi connectivity index (χ0n) is 15.4. The Kier molecular flexibility index (Phi) is 6.93. The van der Waals surface area contributed by atoms with Gasteiger partial charge < -0.3 is 14.5 Å². The maximum Gasteiger partial charge on any atom is 0.293 e. The van der Waals surface area contributed by atoms with Crippen LogP contribution in [0.2, 0.25) is 0 Å². The van der Waals surface area contributed by atoms with Crippen molar-refractivity contribution < 1.29 is 14.3 Å². The molecule has 1 aromatic carbocycles. The zero-order valence-corrected chi connectivity index (χ0v) is 16.2. The monoisotopic (exact) mass is 377 g/mol. The summed E-state index contributed by atoms with van der Waals surface area (Å²) in [5, 5.41) is -0.212. The van der Waals surface area contributed by atoms with Gasteiger partial charge in [-0.25, -0.2) is 4.90 Å². The topological polar surface area (TPSA) is 53.1 Å². The highest BCUT2D eigenvalue weighted by Gasteiger charge is 2.31. The number of piperazine rings is 1. The minimum absolute atomic E-state index is 0.166. The molecular formula is C19H27N3O3S. The van der Waals surface area contributed by atoms with Crippen molar-refractivity contribution in [2.24, 2.45) is 0 Å². The van der Waals surface area contributed by atoms with E-state index >= 15 is 0 Å². The SMILES string of the molecule is CN1CCN(CCCCCOc2cccc(N3C(=O)CSC3=O)c2)CC1. The van der Waals surface area contributed by atoms with Crippen molar-refractivity contribution in [3.63, 3.8) is 0 Å². The fourth-order valence-corrected chi connectivity index (χ4v) is 3.90. The van der Waals surface area contributed by atoms with Crippen LogP contribution in [0.5, 0.6) is 5.75 Å². The van der Waals surface area contributed by atoms with Crippen LogP contribution in [-0.2, 0) is 4.79 Å². The Balaban J connectivity index is 1.35. The molecule has 2 saturated heterocycles. The Morgan fingerprint density at radius 3 is 2.62 bits per heavy atom. The molecule has 142 valence electrons. The normalized spacial score (nSPS) is 19.3. The predicted molar refractivity (Wildman–Crippen MR) is 105 cm³/mol. The van der Waals surface area contributed by atoms with E-state index in [4.69, 9.17) is 4.74 Å². The quantitative estimate of drug-likeness (QED) is 0.649. The van der Waals surface area contributed by atoms with E-state index in [0.717, 1.165) is 24.6 Å². The van der Waals surface area contributed by atoms with E-state index in [1.165, 1.54) is 44.0 Å². The molecular weight excluding hydrogens is 350 g/mol. The highest BCUT2D eigenvalue weighted by atomic mass is 32.2. The number of thioether (sulfide) groups is 1. The summed E-state index contributed by atoms with van der Waals surface area (Å²) in [6.45, 7) is 6.50. The molecule has 7 heteroatoms. The number of amides is 2. The molecule has 6 nitrogen and oxygen atoms in total. The third-order valence-electron chi connectivity index (χ3n) is 4.81. The van der Waals surface area contributed by atoms with Gasteiger partial charge in [-0.1, -0.05) is 17.8 Å². The molecule has 0 aliphatic carbocycles. The molecule has 2 amide bonds. The minimum atomic E-state index is -0.212. The Bertz CT molecular complexity index is 616. The molecule has 26 heavy (non-hydrogen) atoms. The van der Waals surface area contributed by atoms with Gasteiger partial charge >= 0.3 is 0 Å². The third kappa shape index (κ3) is 5.22. The van der Waals surface area contributed by atoms with Crippen LogP contribution in [0.3, 0.4) is 0 Å². The van der Waals surface area contributed by atoms with Crippen molar-refractivity contribution in [2.45, 2.75) is 19.3 Å². The second-order valence-electron chi connectivity index (χ2n) is 6.84. The molecule has 0 spiro atoms. The fraction of sp³-hybridized carbons (Fsp3) is 0.579. The standard InChI is InChI=1S/C19H27N3O3S/c1-20-9-11-21(12-10-20)8-3-2-4-13-25-17-7-5-6-16(14-17)22-18(23)15-26-19(22)24/h5-7,14H,2-4,8-13,15H2,1H3. The van der Waals surface area contributed by atoms with Gasteiger partial charge in [-0.3, -0.25) is 9.59 Å². The van der Waals surface area contributed by atoms with Crippen molar-refractivity contribution in [1.29, 1.82) is 0 Å². The van der Waals surface area contributed by atoms with Gasteiger partial charge in [-0.15, -0.1) is 0 Å². The summed E-state index contributed by atoms with van der Waals surface area (Å²) in [5.41, 5.74) is 0.595. The number of likely N-dealkylation sites (N-methyl/N-ethyl adjacent to an activating group) is 1. The molecule has 1 aromatic rings. The highest BCUT2D eigenvalue weighted by molar-refractivity contribution is 8.15. The first-order chi connectivity index (χ1) is 12.6. The van der Waals surface area contributed by atoms with E-state index in [0.29, 0.717) is 18.0 Å². The van der Waals surface area contributed by atoms with Gasteiger partial charge in [-0.2, -0.15) is 0 Å². The van der Waals surface area contributed by atoms with Crippen LogP contribution in [0, 0.1) is 0 Å². The van der Waals surface area contributed by atoms with Crippen molar-refractivity contribution in [2.75, 3.05) is 57.0 Å². The van der Waals surface area contributed by atoms with E-state index in [1.54, 1.807) is 12.1 Å². The number of ether oxygens (including phenoxy) is 1. The minimum Gasteiger partial charge on any atom is -0.494 e. The molecule has 3 rings (SSSR count). The molecule has 0 N–H and O–H groups in total. The summed E-state index contributed by atoms with van der Waals surface area (Å²) >= 11 is 1.04. The van der Waals surface area contributed by atoms with Crippen molar-refractivity contribution in [3.8, 4) is 5.75 Å². The van der Waals surface area contributed by atoms with Crippen molar-refractivity contribution >= 4 is 28.6 Å². The lowest BCUT2D eigenvalue weighted by atomic mass is 10.2. The number of anilines is 1. The van der Waals surface area contributed by atoms with E-state index in [9.17, 15) is 9.59 Å². The van der Waals surface area contributed by atoms with Crippen LogP contribution < -0.4 is 9.64 Å². The van der Waals surface area contributed by atoms with Crippen LogP contribution in [0.1, 0.15) is 19.3 Å². The predicted octanol–water partition coefficient (Wildman–Crippen LogP) is 2.68. The molecule has 0 unspecified atom stereocenters. The number of hydrogen-bond acceptors (Lipinski definition) is 6. The van der Waals surface area contributed by atoms with Crippen LogP contribution >= 0.6 is 11.8 Å². The Morgan fingerprint density at radius 1 is 1.08 bits per heavy atom. The van der Waals surface area contributed by atoms with E-state index in [2.05, 4.69) is 16.8 Å². The molecule has 2 aliphatic heterocycles. The lowest BCUT2D eigenvalue weighted by Crippen LogP contribution is -2.44. The van der Waals surface area contributed by atoms with Gasteiger partial charge in [0.2, 0.25) is 5.91 Å². The number of benzene rings is 1. The van der Waals surface area contributed by atoms with E-state index in [-0.39, 0.29) is 16.9 Å². The second-order valence-corrected chi connectivity index (χ2v) is 7.76. The third-order valence-corrected chi connectivity index (χ3v) is 5.63. The van der Waals surface area contributed by atoms with Gasteiger partial charge in [0, 0.05) is 32.2 Å². The number of nitrogens with zero attached hydrogens (tertiary/aromatic N) is 3. The summed E-state index contributed by atoms with van der Waals surface area (Å²) in [5.74, 6) is 0.761. The van der Waals surface area contributed by atoms with Crippen LogP contribution in [0.4, 0.5) is 10.5 Å². The summed E-state index contributed by atoms with van der Waals surface area (Å²) < 4.78 is 5.81. The van der Waals surface area contributed by atoms with Crippen molar-refractivity contribution in [3.05, 3.63) is 24.3 Å². The first-order valence-electron chi connectivity index (χ1n) is 9.27. The van der Waals surface area contributed by atoms with Gasteiger partial charge in [0.25, 0.3) is 5.24 Å². The summed E-state index contributed by atoms with van der Waals surface area (Å²) in [4.78, 5) is 29.8. The van der Waals surface area contributed by atoms with Crippen molar-refractivity contribution in [1.82, 2.24) is 9.80 Å². The first kappa shape index (κ1) is 19.2. The summed E-state index contributed by atoms with van der Waals surface area (Å²) in [7, 11) is 2.18. The Hall–Kier alpha value is -1.57. The molecule has 0 radical (unpaired) electrons. The molecule has 0 atom stereocenters. The van der Waals surface area contributed by atoms with Gasteiger partial charge in [0.15, 0.2) is 0 Å². The average Bonchev–Trinajstić information content (AvgIpc) is 2.98. The Labute approximate surface area is 159 Å². The number of hydrogen-bond donors (Lipinski definition) is 0. The largest absolute Gasteiger partial charge is 0.494 e. The summed E-state index contributed by atoms with van der Waals surface area (Å²) in [6, 6.07) is 7.23. The Morgan fingerprint density at radius 2 is 1.88 bits per heavy atom. The summed E-state index contributed by atoms with van der Waals surface area (Å²) in [6.07, 6.45) is 3.35. The van der Waals surface area contributed by atoms with Gasteiger partial charge in [0.05, 0.1) is 18.0 Å².